The zero-order valence-corrected chi connectivity index (χ0v) is 15.3. The number of aromatic nitrogens is 2. The Bertz CT molecular complexity index is 767. The average molecular weight is 349 g/mol. The second-order valence-electron chi connectivity index (χ2n) is 6.01. The molecule has 136 valence electrons. The molecule has 7 heteroatoms. The third-order valence-electron chi connectivity index (χ3n) is 4.20. The summed E-state index contributed by atoms with van der Waals surface area (Å²) in [5, 5.41) is 10.8. The summed E-state index contributed by atoms with van der Waals surface area (Å²) in [7, 11) is 1.91. The van der Waals surface area contributed by atoms with E-state index in [4.69, 9.17) is 0 Å². The quantitative estimate of drug-likeness (QED) is 0.644. The molecule has 25 heavy (non-hydrogen) atoms. The van der Waals surface area contributed by atoms with Crippen molar-refractivity contribution in [3.63, 3.8) is 0 Å². The zero-order valence-electron chi connectivity index (χ0n) is 15.3. The van der Waals surface area contributed by atoms with Crippen molar-refractivity contribution < 1.29 is 8.78 Å². The Morgan fingerprint density at radius 1 is 1.28 bits per heavy atom. The predicted octanol–water partition coefficient (Wildman–Crippen LogP) is 3.13. The Labute approximate surface area is 147 Å². The maximum atomic E-state index is 13.4. The summed E-state index contributed by atoms with van der Waals surface area (Å²) >= 11 is 0. The molecule has 0 radical (unpaired) electrons. The van der Waals surface area contributed by atoms with E-state index >= 15 is 0 Å². The summed E-state index contributed by atoms with van der Waals surface area (Å²) in [6, 6.07) is 3.68. The van der Waals surface area contributed by atoms with E-state index in [9.17, 15) is 8.78 Å². The van der Waals surface area contributed by atoms with Crippen molar-refractivity contribution >= 4 is 5.96 Å². The average Bonchev–Trinajstić information content (AvgIpc) is 2.80. The van der Waals surface area contributed by atoms with Gasteiger partial charge in [-0.2, -0.15) is 5.10 Å². The van der Waals surface area contributed by atoms with Crippen molar-refractivity contribution in [2.75, 3.05) is 6.54 Å². The molecule has 0 spiro atoms. The topological polar surface area (TPSA) is 54.2 Å². The lowest BCUT2D eigenvalue weighted by molar-refractivity contribution is 0.504. The Balaban J connectivity index is 2.15. The molecule has 0 saturated carbocycles. The smallest absolute Gasteiger partial charge is 0.192 e. The van der Waals surface area contributed by atoms with Gasteiger partial charge in [0.1, 0.15) is 0 Å². The highest BCUT2D eigenvalue weighted by Crippen LogP contribution is 2.16. The van der Waals surface area contributed by atoms with Crippen LogP contribution >= 0.6 is 0 Å². The first-order chi connectivity index (χ1) is 11.8. The van der Waals surface area contributed by atoms with Crippen molar-refractivity contribution in [2.24, 2.45) is 12.0 Å². The maximum Gasteiger partial charge on any atom is 0.192 e. The van der Waals surface area contributed by atoms with Crippen LogP contribution in [0.2, 0.25) is 0 Å². The highest BCUT2D eigenvalue weighted by molar-refractivity contribution is 5.80. The number of aryl methyl sites for hydroxylation is 2. The van der Waals surface area contributed by atoms with E-state index in [0.717, 1.165) is 23.0 Å². The van der Waals surface area contributed by atoms with E-state index in [1.165, 1.54) is 6.07 Å². The molecule has 1 aromatic heterocycles. The molecule has 1 unspecified atom stereocenters. The molecule has 1 heterocycles. The van der Waals surface area contributed by atoms with Gasteiger partial charge in [-0.3, -0.25) is 4.68 Å². The number of aliphatic imine (C=N–C) groups is 1. The lowest BCUT2D eigenvalue weighted by atomic mass is 10.1. The van der Waals surface area contributed by atoms with Gasteiger partial charge in [0.2, 0.25) is 0 Å². The highest BCUT2D eigenvalue weighted by Gasteiger charge is 2.12. The molecule has 1 aromatic carbocycles. The van der Waals surface area contributed by atoms with Crippen LogP contribution in [-0.4, -0.2) is 22.3 Å². The standard InChI is InChI=1S/C18H25F2N5/c1-6-21-18(22-10-15-12(3)24-25(5)13(15)4)23-11(2)14-7-8-16(19)17(20)9-14/h7-9,11H,6,10H2,1-5H3,(H2,21,22,23). The molecule has 1 atom stereocenters. The molecule has 0 fully saturated rings. The number of halogens is 2. The normalized spacial score (nSPS) is 13.0. The van der Waals surface area contributed by atoms with Crippen molar-refractivity contribution in [1.82, 2.24) is 20.4 Å². The Morgan fingerprint density at radius 3 is 2.56 bits per heavy atom. The van der Waals surface area contributed by atoms with Gasteiger partial charge >= 0.3 is 0 Å². The number of hydrogen-bond acceptors (Lipinski definition) is 2. The second-order valence-corrected chi connectivity index (χ2v) is 6.01. The fourth-order valence-electron chi connectivity index (χ4n) is 2.59. The van der Waals surface area contributed by atoms with E-state index in [1.807, 2.05) is 39.4 Å². The second kappa shape index (κ2) is 8.09. The third kappa shape index (κ3) is 4.55. The van der Waals surface area contributed by atoms with Crippen LogP contribution in [0.1, 0.15) is 42.4 Å². The molecule has 0 saturated heterocycles. The van der Waals surface area contributed by atoms with Gasteiger partial charge in [0.05, 0.1) is 18.3 Å². The number of nitrogens with zero attached hydrogens (tertiary/aromatic N) is 3. The minimum atomic E-state index is -0.852. The van der Waals surface area contributed by atoms with Crippen LogP contribution in [0, 0.1) is 25.5 Å². The lowest BCUT2D eigenvalue weighted by Crippen LogP contribution is -2.38. The summed E-state index contributed by atoms with van der Waals surface area (Å²) < 4.78 is 28.4. The molecule has 0 amide bonds. The van der Waals surface area contributed by atoms with Gasteiger partial charge < -0.3 is 10.6 Å². The van der Waals surface area contributed by atoms with Gasteiger partial charge in [0.15, 0.2) is 17.6 Å². The molecular weight excluding hydrogens is 324 g/mol. The van der Waals surface area contributed by atoms with Gasteiger partial charge in [-0.25, -0.2) is 13.8 Å². The number of benzene rings is 1. The minimum Gasteiger partial charge on any atom is -0.357 e. The van der Waals surface area contributed by atoms with E-state index < -0.39 is 11.6 Å². The summed E-state index contributed by atoms with van der Waals surface area (Å²) in [5.74, 6) is -1.09. The molecule has 0 aliphatic heterocycles. The van der Waals surface area contributed by atoms with Crippen LogP contribution in [-0.2, 0) is 13.6 Å². The van der Waals surface area contributed by atoms with E-state index in [-0.39, 0.29) is 6.04 Å². The molecule has 2 aromatic rings. The molecule has 0 aliphatic rings. The van der Waals surface area contributed by atoms with Crippen LogP contribution in [0.15, 0.2) is 23.2 Å². The number of hydrogen-bond donors (Lipinski definition) is 2. The largest absolute Gasteiger partial charge is 0.357 e. The molecule has 2 rings (SSSR count). The minimum absolute atomic E-state index is 0.219. The molecule has 5 nitrogen and oxygen atoms in total. The Morgan fingerprint density at radius 2 is 2.00 bits per heavy atom. The zero-order chi connectivity index (χ0) is 18.6. The van der Waals surface area contributed by atoms with Crippen LogP contribution in [0.25, 0.3) is 0 Å². The van der Waals surface area contributed by atoms with Gasteiger partial charge in [-0.05, 0) is 45.4 Å². The molecule has 0 aliphatic carbocycles. The number of rotatable bonds is 5. The predicted molar refractivity (Wildman–Crippen MR) is 95.4 cm³/mol. The van der Waals surface area contributed by atoms with Crippen LogP contribution in [0.4, 0.5) is 8.78 Å². The van der Waals surface area contributed by atoms with E-state index in [1.54, 1.807) is 6.07 Å². The molecular formula is C18H25F2N5. The van der Waals surface area contributed by atoms with Gasteiger partial charge in [0, 0.05) is 24.8 Å². The first-order valence-corrected chi connectivity index (χ1v) is 8.32. The highest BCUT2D eigenvalue weighted by atomic mass is 19.2. The van der Waals surface area contributed by atoms with Crippen molar-refractivity contribution in [3.05, 3.63) is 52.3 Å². The number of guanidine groups is 1. The van der Waals surface area contributed by atoms with Gasteiger partial charge in [-0.15, -0.1) is 0 Å². The Hall–Kier alpha value is -2.44. The molecule has 2 N–H and O–H groups in total. The van der Waals surface area contributed by atoms with Crippen molar-refractivity contribution in [3.8, 4) is 0 Å². The van der Waals surface area contributed by atoms with Gasteiger partial charge in [-0.1, -0.05) is 6.07 Å². The van der Waals surface area contributed by atoms with Crippen molar-refractivity contribution in [1.29, 1.82) is 0 Å². The summed E-state index contributed by atoms with van der Waals surface area (Å²) in [4.78, 5) is 4.60. The maximum absolute atomic E-state index is 13.4. The van der Waals surface area contributed by atoms with E-state index in [0.29, 0.717) is 24.6 Å². The summed E-state index contributed by atoms with van der Waals surface area (Å²) in [6.45, 7) is 9.00. The fourth-order valence-corrected chi connectivity index (χ4v) is 2.59. The summed E-state index contributed by atoms with van der Waals surface area (Å²) in [5.41, 5.74) is 3.76. The van der Waals surface area contributed by atoms with Gasteiger partial charge in [0.25, 0.3) is 0 Å². The lowest BCUT2D eigenvalue weighted by Gasteiger charge is -2.18. The number of nitrogens with one attached hydrogen (secondary N) is 2. The van der Waals surface area contributed by atoms with Crippen LogP contribution < -0.4 is 10.6 Å². The monoisotopic (exact) mass is 349 g/mol. The van der Waals surface area contributed by atoms with E-state index in [2.05, 4.69) is 20.7 Å². The van der Waals surface area contributed by atoms with Crippen molar-refractivity contribution in [2.45, 2.75) is 40.3 Å². The fraction of sp³-hybridized carbons (Fsp3) is 0.444. The Kier molecular flexibility index (Phi) is 6.12. The third-order valence-corrected chi connectivity index (χ3v) is 4.20. The van der Waals surface area contributed by atoms with Crippen LogP contribution in [0.3, 0.4) is 0 Å². The SMILES string of the molecule is CCNC(=NCc1c(C)nn(C)c1C)NC(C)c1ccc(F)c(F)c1. The molecule has 0 bridgehead atoms. The van der Waals surface area contributed by atoms with Crippen LogP contribution in [0.5, 0.6) is 0 Å². The summed E-state index contributed by atoms with van der Waals surface area (Å²) in [6.07, 6.45) is 0. The first-order valence-electron chi connectivity index (χ1n) is 8.32. The first kappa shape index (κ1) is 18.9.